The van der Waals surface area contributed by atoms with E-state index < -0.39 is 0 Å². The molecule has 0 amide bonds. The number of hydrogen-bond donors (Lipinski definition) is 2. The third-order valence-electron chi connectivity index (χ3n) is 3.29. The second-order valence-electron chi connectivity index (χ2n) is 4.84. The highest BCUT2D eigenvalue weighted by Gasteiger charge is 2.25. The molecule has 90 valence electrons. The van der Waals surface area contributed by atoms with E-state index in [1.165, 1.54) is 25.0 Å². The minimum absolute atomic E-state index is 0.397. The molecule has 1 heterocycles. The van der Waals surface area contributed by atoms with Crippen LogP contribution in [0.2, 0.25) is 0 Å². The Bertz CT molecular complexity index is 341. The van der Waals surface area contributed by atoms with E-state index in [0.29, 0.717) is 6.04 Å². The molecular formula is C12H22N4. The van der Waals surface area contributed by atoms with Crippen LogP contribution >= 0.6 is 0 Å². The van der Waals surface area contributed by atoms with Crippen molar-refractivity contribution in [3.8, 4) is 0 Å². The van der Waals surface area contributed by atoms with E-state index in [-0.39, 0.29) is 0 Å². The summed E-state index contributed by atoms with van der Waals surface area (Å²) in [6.07, 6.45) is 4.95. The van der Waals surface area contributed by atoms with Crippen molar-refractivity contribution in [3.05, 3.63) is 17.5 Å². The average Bonchev–Trinajstić information content (AvgIpc) is 3.01. The zero-order valence-corrected chi connectivity index (χ0v) is 10.2. The molecule has 4 heteroatoms. The standard InChI is InChI=1S/C12H22N4/c1-3-16-12(6-9(2)15-16)8-11(14-13)7-10-4-5-10/h6,10-11,14H,3-5,7-8,13H2,1-2H3. The van der Waals surface area contributed by atoms with Crippen molar-refractivity contribution in [1.29, 1.82) is 0 Å². The molecule has 0 spiro atoms. The number of rotatable bonds is 6. The van der Waals surface area contributed by atoms with Crippen LogP contribution in [0.4, 0.5) is 0 Å². The lowest BCUT2D eigenvalue weighted by molar-refractivity contribution is 0.450. The topological polar surface area (TPSA) is 55.9 Å². The van der Waals surface area contributed by atoms with Crippen molar-refractivity contribution in [3.63, 3.8) is 0 Å². The summed E-state index contributed by atoms with van der Waals surface area (Å²) in [6.45, 7) is 5.10. The van der Waals surface area contributed by atoms with Crippen LogP contribution in [0.5, 0.6) is 0 Å². The molecular weight excluding hydrogens is 200 g/mol. The molecule has 0 bridgehead atoms. The predicted molar refractivity (Wildman–Crippen MR) is 64.8 cm³/mol. The second kappa shape index (κ2) is 4.97. The van der Waals surface area contributed by atoms with Crippen LogP contribution in [0.15, 0.2) is 6.07 Å². The first-order valence-corrected chi connectivity index (χ1v) is 6.22. The highest BCUT2D eigenvalue weighted by Crippen LogP contribution is 2.33. The fraction of sp³-hybridized carbons (Fsp3) is 0.750. The van der Waals surface area contributed by atoms with Gasteiger partial charge in [0.05, 0.1) is 5.69 Å². The Morgan fingerprint density at radius 2 is 2.38 bits per heavy atom. The number of aryl methyl sites for hydroxylation is 2. The maximum Gasteiger partial charge on any atom is 0.0596 e. The minimum atomic E-state index is 0.397. The summed E-state index contributed by atoms with van der Waals surface area (Å²) in [4.78, 5) is 0. The van der Waals surface area contributed by atoms with Crippen molar-refractivity contribution in [1.82, 2.24) is 15.2 Å². The molecule has 0 saturated heterocycles. The normalized spacial score (nSPS) is 17.7. The lowest BCUT2D eigenvalue weighted by Crippen LogP contribution is -2.37. The number of aromatic nitrogens is 2. The molecule has 1 atom stereocenters. The first-order chi connectivity index (χ1) is 7.72. The fourth-order valence-electron chi connectivity index (χ4n) is 2.26. The molecule has 16 heavy (non-hydrogen) atoms. The summed E-state index contributed by atoms with van der Waals surface area (Å²) in [5.74, 6) is 6.52. The lowest BCUT2D eigenvalue weighted by atomic mass is 10.1. The molecule has 1 aliphatic carbocycles. The highest BCUT2D eigenvalue weighted by molar-refractivity contribution is 5.10. The molecule has 2 rings (SSSR count). The number of nitrogens with one attached hydrogen (secondary N) is 1. The van der Waals surface area contributed by atoms with Crippen LogP contribution in [-0.4, -0.2) is 15.8 Å². The first kappa shape index (κ1) is 11.6. The molecule has 1 aromatic heterocycles. The number of hydrazine groups is 1. The zero-order chi connectivity index (χ0) is 11.5. The highest BCUT2D eigenvalue weighted by atomic mass is 15.3. The van der Waals surface area contributed by atoms with E-state index in [4.69, 9.17) is 5.84 Å². The van der Waals surface area contributed by atoms with Crippen LogP contribution in [0, 0.1) is 12.8 Å². The van der Waals surface area contributed by atoms with Crippen molar-refractivity contribution < 1.29 is 0 Å². The summed E-state index contributed by atoms with van der Waals surface area (Å²) in [5.41, 5.74) is 5.33. The number of nitrogens with two attached hydrogens (primary N) is 1. The van der Waals surface area contributed by atoms with Gasteiger partial charge < -0.3 is 0 Å². The Labute approximate surface area is 97.2 Å². The third-order valence-corrected chi connectivity index (χ3v) is 3.29. The fourth-order valence-corrected chi connectivity index (χ4v) is 2.26. The molecule has 1 fully saturated rings. The van der Waals surface area contributed by atoms with E-state index in [9.17, 15) is 0 Å². The van der Waals surface area contributed by atoms with Gasteiger partial charge in [0.2, 0.25) is 0 Å². The van der Waals surface area contributed by atoms with E-state index in [2.05, 4.69) is 28.2 Å². The van der Waals surface area contributed by atoms with Gasteiger partial charge >= 0.3 is 0 Å². The molecule has 1 saturated carbocycles. The van der Waals surface area contributed by atoms with Gasteiger partial charge in [-0.2, -0.15) is 5.10 Å². The van der Waals surface area contributed by atoms with Crippen molar-refractivity contribution in [2.75, 3.05) is 0 Å². The van der Waals surface area contributed by atoms with Gasteiger partial charge in [0.25, 0.3) is 0 Å². The van der Waals surface area contributed by atoms with Crippen molar-refractivity contribution in [2.24, 2.45) is 11.8 Å². The van der Waals surface area contributed by atoms with Gasteiger partial charge in [-0.1, -0.05) is 12.8 Å². The van der Waals surface area contributed by atoms with Gasteiger partial charge in [0, 0.05) is 24.7 Å². The quantitative estimate of drug-likeness (QED) is 0.565. The van der Waals surface area contributed by atoms with E-state index in [0.717, 1.165) is 24.6 Å². The molecule has 1 aromatic rings. The predicted octanol–water partition coefficient (Wildman–Crippen LogP) is 1.39. The second-order valence-corrected chi connectivity index (χ2v) is 4.84. The van der Waals surface area contributed by atoms with Gasteiger partial charge in [-0.15, -0.1) is 0 Å². The van der Waals surface area contributed by atoms with Crippen LogP contribution in [0.25, 0.3) is 0 Å². The van der Waals surface area contributed by atoms with Gasteiger partial charge in [-0.3, -0.25) is 16.0 Å². The van der Waals surface area contributed by atoms with Crippen LogP contribution in [0.1, 0.15) is 37.6 Å². The molecule has 4 nitrogen and oxygen atoms in total. The SMILES string of the molecule is CCn1nc(C)cc1CC(CC1CC1)NN. The average molecular weight is 222 g/mol. The number of hydrogen-bond acceptors (Lipinski definition) is 3. The van der Waals surface area contributed by atoms with Crippen LogP contribution < -0.4 is 11.3 Å². The van der Waals surface area contributed by atoms with Crippen LogP contribution in [0.3, 0.4) is 0 Å². The minimum Gasteiger partial charge on any atom is -0.271 e. The third kappa shape index (κ3) is 2.83. The summed E-state index contributed by atoms with van der Waals surface area (Å²) < 4.78 is 2.08. The number of nitrogens with zero attached hydrogens (tertiary/aromatic N) is 2. The van der Waals surface area contributed by atoms with Gasteiger partial charge in [-0.05, 0) is 32.3 Å². The Morgan fingerprint density at radius 3 is 2.94 bits per heavy atom. The molecule has 1 unspecified atom stereocenters. The van der Waals surface area contributed by atoms with Gasteiger partial charge in [0.1, 0.15) is 0 Å². The van der Waals surface area contributed by atoms with Gasteiger partial charge in [0.15, 0.2) is 0 Å². The largest absolute Gasteiger partial charge is 0.271 e. The van der Waals surface area contributed by atoms with Crippen LogP contribution in [-0.2, 0) is 13.0 Å². The Morgan fingerprint density at radius 1 is 1.62 bits per heavy atom. The zero-order valence-electron chi connectivity index (χ0n) is 10.2. The molecule has 0 aliphatic heterocycles. The maximum absolute atomic E-state index is 5.62. The molecule has 0 radical (unpaired) electrons. The van der Waals surface area contributed by atoms with Gasteiger partial charge in [-0.25, -0.2) is 0 Å². The van der Waals surface area contributed by atoms with Crippen molar-refractivity contribution in [2.45, 2.75) is 52.1 Å². The Hall–Kier alpha value is -0.870. The Kier molecular flexibility index (Phi) is 3.61. The first-order valence-electron chi connectivity index (χ1n) is 6.22. The molecule has 1 aliphatic rings. The summed E-state index contributed by atoms with van der Waals surface area (Å²) in [7, 11) is 0. The smallest absolute Gasteiger partial charge is 0.0596 e. The monoisotopic (exact) mass is 222 g/mol. The summed E-state index contributed by atoms with van der Waals surface area (Å²) >= 11 is 0. The summed E-state index contributed by atoms with van der Waals surface area (Å²) in [6, 6.07) is 2.56. The summed E-state index contributed by atoms with van der Waals surface area (Å²) in [5, 5.41) is 4.46. The molecule has 0 aromatic carbocycles. The Balaban J connectivity index is 1.98. The van der Waals surface area contributed by atoms with Crippen molar-refractivity contribution >= 4 is 0 Å². The van der Waals surface area contributed by atoms with E-state index >= 15 is 0 Å². The lowest BCUT2D eigenvalue weighted by Gasteiger charge is -2.15. The molecule has 3 N–H and O–H groups in total. The van der Waals surface area contributed by atoms with E-state index in [1.54, 1.807) is 0 Å². The van der Waals surface area contributed by atoms with E-state index in [1.807, 2.05) is 6.92 Å². The maximum atomic E-state index is 5.62.